The lowest BCUT2D eigenvalue weighted by Gasteiger charge is -2.28. The Labute approximate surface area is 158 Å². The van der Waals surface area contributed by atoms with E-state index >= 15 is 0 Å². The Morgan fingerprint density at radius 2 is 1.92 bits per heavy atom. The van der Waals surface area contributed by atoms with Gasteiger partial charge < -0.3 is 9.80 Å². The molecule has 0 aromatic heterocycles. The van der Waals surface area contributed by atoms with Crippen LogP contribution in [0.5, 0.6) is 0 Å². The van der Waals surface area contributed by atoms with Crippen LogP contribution in [0.25, 0.3) is 0 Å². The van der Waals surface area contributed by atoms with Gasteiger partial charge >= 0.3 is 0 Å². The average molecular weight is 399 g/mol. The minimum atomic E-state index is -3.06. The Morgan fingerprint density at radius 3 is 2.52 bits per heavy atom. The highest BCUT2D eigenvalue weighted by Crippen LogP contribution is 2.26. The van der Waals surface area contributed by atoms with Gasteiger partial charge in [-0.15, -0.1) is 0 Å². The molecule has 0 radical (unpaired) electrons. The van der Waals surface area contributed by atoms with E-state index in [4.69, 9.17) is 12.2 Å². The molecule has 8 heteroatoms. The molecule has 2 aliphatic heterocycles. The van der Waals surface area contributed by atoms with Crippen molar-refractivity contribution < 1.29 is 13.2 Å². The second kappa shape index (κ2) is 8.05. The predicted octanol–water partition coefficient (Wildman–Crippen LogP) is 2.32. The zero-order valence-corrected chi connectivity index (χ0v) is 16.4. The summed E-state index contributed by atoms with van der Waals surface area (Å²) in [4.78, 5) is 16.7. The standard InChI is InChI=1S/C17H22N2O3S3/c20-16(12-24-17(23)18-9-4-5-10-18)19(14-6-2-1-3-7-14)15-8-11-25(21,22)13-15/h1-3,6-7,15H,4-5,8-13H2/t15-/m1/s1. The van der Waals surface area contributed by atoms with Crippen LogP contribution in [0.4, 0.5) is 5.69 Å². The molecule has 0 spiro atoms. The van der Waals surface area contributed by atoms with Gasteiger partial charge in [-0.2, -0.15) is 0 Å². The van der Waals surface area contributed by atoms with Gasteiger partial charge in [0.2, 0.25) is 5.91 Å². The summed E-state index contributed by atoms with van der Waals surface area (Å²) in [5.74, 6) is 0.336. The number of benzene rings is 1. The number of carbonyl (C=O) groups excluding carboxylic acids is 1. The zero-order valence-electron chi connectivity index (χ0n) is 14.0. The highest BCUT2D eigenvalue weighted by atomic mass is 32.2. The Bertz CT molecular complexity index is 731. The molecular weight excluding hydrogens is 376 g/mol. The molecule has 136 valence electrons. The highest BCUT2D eigenvalue weighted by Gasteiger charge is 2.35. The van der Waals surface area contributed by atoms with Crippen LogP contribution in [0.1, 0.15) is 19.3 Å². The van der Waals surface area contributed by atoms with Crippen molar-refractivity contribution >= 4 is 49.7 Å². The Morgan fingerprint density at radius 1 is 1.24 bits per heavy atom. The molecule has 0 aliphatic carbocycles. The van der Waals surface area contributed by atoms with Crippen molar-refractivity contribution in [1.82, 2.24) is 4.90 Å². The minimum Gasteiger partial charge on any atom is -0.358 e. The van der Waals surface area contributed by atoms with Gasteiger partial charge in [0, 0.05) is 18.8 Å². The molecule has 1 atom stereocenters. The van der Waals surface area contributed by atoms with E-state index in [9.17, 15) is 13.2 Å². The minimum absolute atomic E-state index is 0.0366. The van der Waals surface area contributed by atoms with Crippen LogP contribution in [0.15, 0.2) is 30.3 Å². The molecule has 2 aliphatic rings. The van der Waals surface area contributed by atoms with Gasteiger partial charge in [-0.05, 0) is 31.4 Å². The Hall–Kier alpha value is -1.12. The summed E-state index contributed by atoms with van der Waals surface area (Å²) in [6.07, 6.45) is 2.78. The Kier molecular flexibility index (Phi) is 6.01. The Balaban J connectivity index is 1.70. The molecule has 0 saturated carbocycles. The van der Waals surface area contributed by atoms with E-state index in [0.717, 1.165) is 35.9 Å². The molecule has 1 aromatic carbocycles. The maximum absolute atomic E-state index is 12.9. The number of carbonyl (C=O) groups is 1. The van der Waals surface area contributed by atoms with Crippen molar-refractivity contribution in [2.45, 2.75) is 25.3 Å². The van der Waals surface area contributed by atoms with E-state index in [1.54, 1.807) is 4.90 Å². The van der Waals surface area contributed by atoms with E-state index < -0.39 is 9.84 Å². The third-order valence-electron chi connectivity index (χ3n) is 4.56. The molecule has 5 nitrogen and oxygen atoms in total. The van der Waals surface area contributed by atoms with Gasteiger partial charge in [0.05, 0.1) is 23.3 Å². The molecule has 1 aromatic rings. The molecular formula is C17H22N2O3S3. The first kappa shape index (κ1) is 18.7. The molecule has 2 heterocycles. The average Bonchev–Trinajstić information content (AvgIpc) is 3.24. The lowest BCUT2D eigenvalue weighted by atomic mass is 10.2. The molecule has 1 amide bonds. The molecule has 2 saturated heterocycles. The summed E-state index contributed by atoms with van der Waals surface area (Å²) >= 11 is 6.81. The summed E-state index contributed by atoms with van der Waals surface area (Å²) in [6.45, 7) is 1.92. The van der Waals surface area contributed by atoms with E-state index in [1.165, 1.54) is 11.8 Å². The fourth-order valence-corrected chi connectivity index (χ4v) is 6.12. The second-order valence-corrected chi connectivity index (χ2v) is 10.2. The number of hydrogen-bond acceptors (Lipinski definition) is 5. The first-order chi connectivity index (χ1) is 12.0. The summed E-state index contributed by atoms with van der Waals surface area (Å²) in [6, 6.07) is 9.02. The number of sulfone groups is 1. The van der Waals surface area contributed by atoms with E-state index in [-0.39, 0.29) is 29.2 Å². The van der Waals surface area contributed by atoms with Crippen LogP contribution >= 0.6 is 24.0 Å². The quantitative estimate of drug-likeness (QED) is 0.726. The van der Waals surface area contributed by atoms with Crippen molar-refractivity contribution in [3.8, 4) is 0 Å². The van der Waals surface area contributed by atoms with Gasteiger partial charge in [0.15, 0.2) is 9.84 Å². The number of anilines is 1. The molecule has 3 rings (SSSR count). The third kappa shape index (κ3) is 4.74. The van der Waals surface area contributed by atoms with Crippen LogP contribution < -0.4 is 4.90 Å². The topological polar surface area (TPSA) is 57.7 Å². The van der Waals surface area contributed by atoms with Gasteiger partial charge in [0.25, 0.3) is 0 Å². The summed E-state index contributed by atoms with van der Waals surface area (Å²) in [5.41, 5.74) is 0.752. The smallest absolute Gasteiger partial charge is 0.237 e. The summed E-state index contributed by atoms with van der Waals surface area (Å²) in [5, 5.41) is 0. The normalized spacial score (nSPS) is 22.1. The molecule has 2 fully saturated rings. The fraction of sp³-hybridized carbons (Fsp3) is 0.529. The first-order valence-corrected chi connectivity index (χ1v) is 11.7. The van der Waals surface area contributed by atoms with Crippen LogP contribution in [-0.2, 0) is 14.6 Å². The SMILES string of the molecule is O=C(CSC(=S)N1CCCC1)N(c1ccccc1)[C@@H]1CCS(=O)(=O)C1. The molecule has 0 unspecified atom stereocenters. The number of nitrogens with zero attached hydrogens (tertiary/aromatic N) is 2. The lowest BCUT2D eigenvalue weighted by Crippen LogP contribution is -2.42. The molecule has 25 heavy (non-hydrogen) atoms. The zero-order chi connectivity index (χ0) is 17.9. The number of likely N-dealkylation sites (tertiary alicyclic amines) is 1. The van der Waals surface area contributed by atoms with Crippen molar-refractivity contribution in [1.29, 1.82) is 0 Å². The van der Waals surface area contributed by atoms with Crippen molar-refractivity contribution in [2.75, 3.05) is 35.2 Å². The maximum Gasteiger partial charge on any atom is 0.237 e. The molecule has 0 N–H and O–H groups in total. The molecule has 0 bridgehead atoms. The summed E-state index contributed by atoms with van der Waals surface area (Å²) in [7, 11) is -3.06. The number of rotatable bonds is 4. The monoisotopic (exact) mass is 398 g/mol. The fourth-order valence-electron chi connectivity index (χ4n) is 3.31. The summed E-state index contributed by atoms with van der Waals surface area (Å²) < 4.78 is 24.5. The van der Waals surface area contributed by atoms with Crippen LogP contribution in [0.3, 0.4) is 0 Å². The van der Waals surface area contributed by atoms with E-state index in [2.05, 4.69) is 4.90 Å². The lowest BCUT2D eigenvalue weighted by molar-refractivity contribution is -0.116. The van der Waals surface area contributed by atoms with Crippen molar-refractivity contribution in [3.05, 3.63) is 30.3 Å². The number of amides is 1. The van der Waals surface area contributed by atoms with Crippen molar-refractivity contribution in [2.24, 2.45) is 0 Å². The number of para-hydroxylation sites is 1. The number of hydrogen-bond donors (Lipinski definition) is 0. The maximum atomic E-state index is 12.9. The first-order valence-electron chi connectivity index (χ1n) is 8.45. The van der Waals surface area contributed by atoms with Gasteiger partial charge in [-0.25, -0.2) is 8.42 Å². The van der Waals surface area contributed by atoms with Gasteiger partial charge in [0.1, 0.15) is 4.32 Å². The highest BCUT2D eigenvalue weighted by molar-refractivity contribution is 8.23. The van der Waals surface area contributed by atoms with E-state index in [1.807, 2.05) is 30.3 Å². The predicted molar refractivity (Wildman–Crippen MR) is 107 cm³/mol. The number of thiocarbonyl (C=S) groups is 1. The van der Waals surface area contributed by atoms with E-state index in [0.29, 0.717) is 6.42 Å². The van der Waals surface area contributed by atoms with Crippen LogP contribution in [-0.4, -0.2) is 59.9 Å². The van der Waals surface area contributed by atoms with Gasteiger partial charge in [-0.3, -0.25) is 4.79 Å². The van der Waals surface area contributed by atoms with Crippen LogP contribution in [0, 0.1) is 0 Å². The van der Waals surface area contributed by atoms with Gasteiger partial charge in [-0.1, -0.05) is 42.2 Å². The second-order valence-electron chi connectivity index (χ2n) is 6.40. The third-order valence-corrected chi connectivity index (χ3v) is 7.82. The van der Waals surface area contributed by atoms with Crippen LogP contribution in [0.2, 0.25) is 0 Å². The van der Waals surface area contributed by atoms with Crippen molar-refractivity contribution in [3.63, 3.8) is 0 Å². The number of thioether (sulfide) groups is 1. The largest absolute Gasteiger partial charge is 0.358 e.